The van der Waals surface area contributed by atoms with Crippen LogP contribution in [0.3, 0.4) is 0 Å². The van der Waals surface area contributed by atoms with Gasteiger partial charge in [0.25, 0.3) is 0 Å². The second-order valence-corrected chi connectivity index (χ2v) is 4.20. The Morgan fingerprint density at radius 2 is 1.89 bits per heavy atom. The van der Waals surface area contributed by atoms with Crippen LogP contribution in [0, 0.1) is 36.8 Å². The predicted molar refractivity (Wildman–Crippen MR) is 68.2 cm³/mol. The van der Waals surface area contributed by atoms with Crippen LogP contribution in [0.1, 0.15) is 16.8 Å². The summed E-state index contributed by atoms with van der Waals surface area (Å²) in [7, 11) is 0. The van der Waals surface area contributed by atoms with E-state index in [0.717, 1.165) is 17.7 Å². The Morgan fingerprint density at radius 1 is 1.21 bits per heavy atom. The fourth-order valence-corrected chi connectivity index (χ4v) is 1.94. The highest BCUT2D eigenvalue weighted by Crippen LogP contribution is 2.32. The van der Waals surface area contributed by atoms with Crippen LogP contribution >= 0.6 is 0 Å². The number of anilines is 1. The van der Waals surface area contributed by atoms with Gasteiger partial charge in [-0.2, -0.15) is 5.26 Å². The second-order valence-electron chi connectivity index (χ2n) is 4.20. The molecule has 0 amide bonds. The number of rotatable bonds is 1. The van der Waals surface area contributed by atoms with Crippen LogP contribution in [0.5, 0.6) is 0 Å². The van der Waals surface area contributed by atoms with Crippen LogP contribution in [0.2, 0.25) is 0 Å². The molecule has 0 unspecified atom stereocenters. The number of halogens is 2. The van der Waals surface area contributed by atoms with Gasteiger partial charge in [0.15, 0.2) is 11.6 Å². The molecular weight excluding hydrogens is 248 g/mol. The summed E-state index contributed by atoms with van der Waals surface area (Å²) in [6, 6.07) is 5.46. The van der Waals surface area contributed by atoms with Gasteiger partial charge in [0.05, 0.1) is 0 Å². The van der Waals surface area contributed by atoms with Crippen molar-refractivity contribution in [2.45, 2.75) is 13.8 Å². The fourth-order valence-electron chi connectivity index (χ4n) is 1.94. The van der Waals surface area contributed by atoms with Crippen LogP contribution < -0.4 is 5.73 Å². The van der Waals surface area contributed by atoms with Gasteiger partial charge in [-0.15, -0.1) is 0 Å². The Hall–Kier alpha value is -2.48. The van der Waals surface area contributed by atoms with E-state index in [1.165, 1.54) is 6.07 Å². The number of nitrogens with two attached hydrogens (primary N) is 1. The van der Waals surface area contributed by atoms with E-state index in [9.17, 15) is 8.78 Å². The van der Waals surface area contributed by atoms with Gasteiger partial charge in [-0.25, -0.2) is 13.8 Å². The van der Waals surface area contributed by atoms with Crippen molar-refractivity contribution >= 4 is 5.82 Å². The highest BCUT2D eigenvalue weighted by Gasteiger charge is 2.16. The van der Waals surface area contributed by atoms with Crippen molar-refractivity contribution in [3.8, 4) is 17.2 Å². The first-order valence-electron chi connectivity index (χ1n) is 5.58. The summed E-state index contributed by atoms with van der Waals surface area (Å²) in [5, 5.41) is 9.16. The molecular formula is C14H11F2N3. The van der Waals surface area contributed by atoms with E-state index >= 15 is 0 Å². The van der Waals surface area contributed by atoms with Gasteiger partial charge in [0.1, 0.15) is 17.5 Å². The maximum Gasteiger partial charge on any atom is 0.159 e. The molecule has 5 heteroatoms. The van der Waals surface area contributed by atoms with E-state index in [4.69, 9.17) is 11.0 Å². The third kappa shape index (κ3) is 2.13. The lowest BCUT2D eigenvalue weighted by Crippen LogP contribution is -2.03. The molecule has 2 aromatic rings. The highest BCUT2D eigenvalue weighted by molar-refractivity contribution is 5.78. The summed E-state index contributed by atoms with van der Waals surface area (Å²) in [4.78, 5) is 4.06. The number of nitrogens with zero attached hydrogens (tertiary/aromatic N) is 2. The van der Waals surface area contributed by atoms with Crippen LogP contribution in [0.25, 0.3) is 11.1 Å². The zero-order valence-corrected chi connectivity index (χ0v) is 10.5. The Morgan fingerprint density at radius 3 is 2.47 bits per heavy atom. The maximum atomic E-state index is 13.3. The fraction of sp³-hybridized carbons (Fsp3) is 0.143. The Kier molecular flexibility index (Phi) is 3.17. The predicted octanol–water partition coefficient (Wildman–Crippen LogP) is 3.10. The first-order chi connectivity index (χ1) is 8.95. The van der Waals surface area contributed by atoms with Crippen molar-refractivity contribution in [1.29, 1.82) is 5.26 Å². The van der Waals surface area contributed by atoms with Crippen LogP contribution in [0.15, 0.2) is 18.2 Å². The summed E-state index contributed by atoms with van der Waals surface area (Å²) in [6.45, 7) is 3.51. The van der Waals surface area contributed by atoms with E-state index in [1.807, 2.05) is 6.07 Å². The largest absolute Gasteiger partial charge is 0.383 e. The summed E-state index contributed by atoms with van der Waals surface area (Å²) in [5.74, 6) is -1.81. The number of aryl methyl sites for hydroxylation is 1. The molecule has 0 fully saturated rings. The number of hydrogen-bond donors (Lipinski definition) is 1. The zero-order valence-electron chi connectivity index (χ0n) is 10.5. The second kappa shape index (κ2) is 4.65. The molecule has 1 aromatic carbocycles. The third-order valence-corrected chi connectivity index (χ3v) is 3.03. The summed E-state index contributed by atoms with van der Waals surface area (Å²) < 4.78 is 26.3. The molecule has 1 heterocycles. The van der Waals surface area contributed by atoms with Gasteiger partial charge in [-0.05, 0) is 37.1 Å². The van der Waals surface area contributed by atoms with Crippen molar-refractivity contribution in [3.63, 3.8) is 0 Å². The van der Waals surface area contributed by atoms with Gasteiger partial charge < -0.3 is 5.73 Å². The van der Waals surface area contributed by atoms with Gasteiger partial charge >= 0.3 is 0 Å². The monoisotopic (exact) mass is 259 g/mol. The molecule has 0 atom stereocenters. The van der Waals surface area contributed by atoms with Crippen LogP contribution in [0.4, 0.5) is 14.6 Å². The number of nitrogen functional groups attached to an aromatic ring is 1. The average molecular weight is 259 g/mol. The van der Waals surface area contributed by atoms with E-state index in [-0.39, 0.29) is 11.4 Å². The minimum absolute atomic E-state index is 0.0883. The molecule has 0 radical (unpaired) electrons. The molecule has 0 saturated carbocycles. The molecule has 19 heavy (non-hydrogen) atoms. The smallest absolute Gasteiger partial charge is 0.159 e. The van der Waals surface area contributed by atoms with E-state index in [1.54, 1.807) is 13.8 Å². The lowest BCUT2D eigenvalue weighted by atomic mass is 9.95. The maximum absolute atomic E-state index is 13.3. The highest BCUT2D eigenvalue weighted by atomic mass is 19.2. The number of aromatic nitrogens is 1. The molecule has 2 N–H and O–H groups in total. The van der Waals surface area contributed by atoms with E-state index in [0.29, 0.717) is 16.8 Å². The normalized spacial score (nSPS) is 10.3. The van der Waals surface area contributed by atoms with Gasteiger partial charge in [-0.3, -0.25) is 0 Å². The van der Waals surface area contributed by atoms with E-state index < -0.39 is 11.6 Å². The molecule has 0 saturated heterocycles. The summed E-state index contributed by atoms with van der Waals surface area (Å²) in [6.07, 6.45) is 0. The topological polar surface area (TPSA) is 62.7 Å². The summed E-state index contributed by atoms with van der Waals surface area (Å²) >= 11 is 0. The molecule has 0 aliphatic rings. The van der Waals surface area contributed by atoms with Crippen LogP contribution in [-0.2, 0) is 0 Å². The van der Waals surface area contributed by atoms with Crippen molar-refractivity contribution in [2.75, 3.05) is 5.73 Å². The number of benzene rings is 1. The van der Waals surface area contributed by atoms with Crippen LogP contribution in [-0.4, -0.2) is 4.98 Å². The quantitative estimate of drug-likeness (QED) is 0.855. The number of nitriles is 1. The Bertz CT molecular complexity index is 703. The van der Waals surface area contributed by atoms with Gasteiger partial charge in [0, 0.05) is 11.3 Å². The molecule has 96 valence electrons. The minimum atomic E-state index is -0.964. The molecule has 2 rings (SSSR count). The van der Waals surface area contributed by atoms with Crippen molar-refractivity contribution in [3.05, 3.63) is 46.7 Å². The van der Waals surface area contributed by atoms with Crippen molar-refractivity contribution in [2.24, 2.45) is 0 Å². The van der Waals surface area contributed by atoms with Gasteiger partial charge in [0.2, 0.25) is 0 Å². The average Bonchev–Trinajstić information content (AvgIpc) is 2.37. The lowest BCUT2D eigenvalue weighted by Gasteiger charge is -2.12. The van der Waals surface area contributed by atoms with E-state index in [2.05, 4.69) is 4.98 Å². The SMILES string of the molecule is Cc1nc(N)c(C#N)c(-c2ccc(F)c(F)c2)c1C. The summed E-state index contributed by atoms with van der Waals surface area (Å²) in [5.41, 5.74) is 8.15. The molecule has 0 spiro atoms. The Labute approximate surface area is 109 Å². The minimum Gasteiger partial charge on any atom is -0.383 e. The third-order valence-electron chi connectivity index (χ3n) is 3.03. The Balaban J connectivity index is 2.81. The first kappa shape index (κ1) is 13.0. The standard InChI is InChI=1S/C14H11F2N3/c1-7-8(2)19-14(18)10(6-17)13(7)9-3-4-11(15)12(16)5-9/h3-5H,1-2H3,(H2,18,19). The molecule has 0 bridgehead atoms. The lowest BCUT2D eigenvalue weighted by molar-refractivity contribution is 0.509. The first-order valence-corrected chi connectivity index (χ1v) is 5.58. The number of hydrogen-bond acceptors (Lipinski definition) is 3. The van der Waals surface area contributed by atoms with Crippen molar-refractivity contribution < 1.29 is 8.78 Å². The molecule has 1 aromatic heterocycles. The number of pyridine rings is 1. The molecule has 0 aliphatic carbocycles. The molecule has 0 aliphatic heterocycles. The zero-order chi connectivity index (χ0) is 14.2. The molecule has 3 nitrogen and oxygen atoms in total. The van der Waals surface area contributed by atoms with Crippen molar-refractivity contribution in [1.82, 2.24) is 4.98 Å². The van der Waals surface area contributed by atoms with Gasteiger partial charge in [-0.1, -0.05) is 6.07 Å².